The van der Waals surface area contributed by atoms with Gasteiger partial charge in [0.25, 0.3) is 0 Å². The molecule has 172 valence electrons. The Hall–Kier alpha value is -3.48. The van der Waals surface area contributed by atoms with Crippen molar-refractivity contribution in [2.45, 2.75) is 34.1 Å². The molecule has 7 heteroatoms. The molecule has 0 amide bonds. The lowest BCUT2D eigenvalue weighted by molar-refractivity contribution is 0.0696. The quantitative estimate of drug-likeness (QED) is 0.392. The number of benzene rings is 2. The summed E-state index contributed by atoms with van der Waals surface area (Å²) >= 11 is 0. The van der Waals surface area contributed by atoms with E-state index in [-0.39, 0.29) is 35.7 Å². The molecule has 0 fully saturated rings. The molecule has 0 aliphatic carbocycles. The first-order chi connectivity index (χ1) is 15.0. The maximum Gasteiger partial charge on any atom is 0.335 e. The summed E-state index contributed by atoms with van der Waals surface area (Å²) in [5.41, 5.74) is 0.738. The Labute approximate surface area is 188 Å². The molecule has 0 radical (unpaired) electrons. The van der Waals surface area contributed by atoms with Crippen LogP contribution in [0.5, 0.6) is 23.0 Å². The predicted molar refractivity (Wildman–Crippen MR) is 121 cm³/mol. The van der Waals surface area contributed by atoms with E-state index in [1.165, 1.54) is 25.3 Å². The Morgan fingerprint density at radius 3 is 2.12 bits per heavy atom. The van der Waals surface area contributed by atoms with Crippen molar-refractivity contribution in [3.63, 3.8) is 0 Å². The number of carbonyl (C=O) groups is 2. The molecule has 0 saturated carbocycles. The second-order valence-electron chi connectivity index (χ2n) is 8.51. The van der Waals surface area contributed by atoms with E-state index < -0.39 is 5.97 Å². The normalized spacial score (nSPS) is 11.4. The van der Waals surface area contributed by atoms with Crippen LogP contribution in [0.1, 0.15) is 53.5 Å². The van der Waals surface area contributed by atoms with Gasteiger partial charge in [0, 0.05) is 12.0 Å². The third-order valence-corrected chi connectivity index (χ3v) is 4.62. The van der Waals surface area contributed by atoms with E-state index in [0.717, 1.165) is 0 Å². The maximum atomic E-state index is 12.4. The number of Topliss-reactive ketones (excluding diaryl/α,β-unsaturated/α-hetero) is 1. The highest BCUT2D eigenvalue weighted by molar-refractivity contribution is 5.99. The first kappa shape index (κ1) is 24.8. The van der Waals surface area contributed by atoms with Gasteiger partial charge in [-0.1, -0.05) is 20.8 Å². The van der Waals surface area contributed by atoms with Gasteiger partial charge in [-0.25, -0.2) is 4.79 Å². The number of ether oxygens (including phenoxy) is 3. The van der Waals surface area contributed by atoms with Crippen molar-refractivity contribution in [1.29, 1.82) is 0 Å². The highest BCUT2D eigenvalue weighted by atomic mass is 16.5. The molecule has 2 aromatic carbocycles. The second-order valence-corrected chi connectivity index (χ2v) is 8.51. The summed E-state index contributed by atoms with van der Waals surface area (Å²) in [5.74, 6) is 0.0297. The number of carboxylic acid groups (broad SMARTS) is 1. The summed E-state index contributed by atoms with van der Waals surface area (Å²) < 4.78 is 16.5. The van der Waals surface area contributed by atoms with E-state index in [0.29, 0.717) is 34.8 Å². The second kappa shape index (κ2) is 10.7. The van der Waals surface area contributed by atoms with Crippen molar-refractivity contribution in [3.05, 3.63) is 59.2 Å². The minimum Gasteiger partial charge on any atom is -0.507 e. The van der Waals surface area contributed by atoms with Crippen molar-refractivity contribution in [2.24, 2.45) is 5.41 Å². The van der Waals surface area contributed by atoms with Gasteiger partial charge in [-0.05, 0) is 54.8 Å². The van der Waals surface area contributed by atoms with Crippen LogP contribution in [0, 0.1) is 12.3 Å². The molecule has 2 N–H and O–H groups in total. The number of carbonyl (C=O) groups excluding carboxylic acids is 1. The smallest absolute Gasteiger partial charge is 0.335 e. The minimum atomic E-state index is -1.05. The van der Waals surface area contributed by atoms with Crippen molar-refractivity contribution < 1.29 is 34.0 Å². The first-order valence-corrected chi connectivity index (χ1v) is 10.2. The van der Waals surface area contributed by atoms with E-state index in [2.05, 4.69) is 0 Å². The topological polar surface area (TPSA) is 102 Å². The summed E-state index contributed by atoms with van der Waals surface area (Å²) in [7, 11) is 1.48. The highest BCUT2D eigenvalue weighted by Crippen LogP contribution is 2.33. The lowest BCUT2D eigenvalue weighted by Crippen LogP contribution is -2.13. The Morgan fingerprint density at radius 1 is 0.969 bits per heavy atom. The maximum absolute atomic E-state index is 12.4. The average Bonchev–Trinajstić information content (AvgIpc) is 2.71. The van der Waals surface area contributed by atoms with E-state index in [1.54, 1.807) is 31.2 Å². The zero-order chi connectivity index (χ0) is 23.9. The van der Waals surface area contributed by atoms with Gasteiger partial charge >= 0.3 is 5.97 Å². The molecule has 0 aliphatic rings. The molecule has 0 aromatic heterocycles. The fourth-order valence-corrected chi connectivity index (χ4v) is 2.97. The largest absolute Gasteiger partial charge is 0.507 e. The van der Waals surface area contributed by atoms with E-state index in [9.17, 15) is 14.7 Å². The standard InChI is InChI=1S/C25H30O7/c1-16-20(11-9-18(23(16)27)19(26)15-25(2,3)4)31-12-6-7-13-32-22-14-17(24(28)29)8-10-21(22)30-5/h6-11,14,27H,12-13,15H2,1-5H3,(H,28,29)/b7-6+. The molecule has 0 bridgehead atoms. The fraction of sp³-hybridized carbons (Fsp3) is 0.360. The molecule has 0 atom stereocenters. The highest BCUT2D eigenvalue weighted by Gasteiger charge is 2.21. The molecule has 0 aliphatic heterocycles. The number of aromatic hydroxyl groups is 1. The molecule has 2 rings (SSSR count). The summed E-state index contributed by atoms with van der Waals surface area (Å²) in [4.78, 5) is 23.5. The van der Waals surface area contributed by atoms with Gasteiger partial charge in [0.2, 0.25) is 0 Å². The number of phenols is 1. The Bertz CT molecular complexity index is 1000. The number of aromatic carboxylic acids is 1. The van der Waals surface area contributed by atoms with Crippen molar-refractivity contribution in [1.82, 2.24) is 0 Å². The van der Waals surface area contributed by atoms with Gasteiger partial charge in [0.05, 0.1) is 18.2 Å². The zero-order valence-corrected chi connectivity index (χ0v) is 19.1. The van der Waals surface area contributed by atoms with Crippen LogP contribution in [0.2, 0.25) is 0 Å². The van der Waals surface area contributed by atoms with Crippen molar-refractivity contribution in [2.75, 3.05) is 20.3 Å². The first-order valence-electron chi connectivity index (χ1n) is 10.2. The van der Waals surface area contributed by atoms with Crippen LogP contribution in [0.4, 0.5) is 0 Å². The summed E-state index contributed by atoms with van der Waals surface area (Å²) in [6, 6.07) is 7.65. The van der Waals surface area contributed by atoms with Crippen LogP contribution >= 0.6 is 0 Å². The van der Waals surface area contributed by atoms with Crippen molar-refractivity contribution >= 4 is 11.8 Å². The monoisotopic (exact) mass is 442 g/mol. The third-order valence-electron chi connectivity index (χ3n) is 4.62. The van der Waals surface area contributed by atoms with Gasteiger partial charge < -0.3 is 24.4 Å². The number of methoxy groups -OCH3 is 1. The molecule has 0 heterocycles. The lowest BCUT2D eigenvalue weighted by Gasteiger charge is -2.18. The third kappa shape index (κ3) is 6.77. The Balaban J connectivity index is 1.94. The van der Waals surface area contributed by atoms with Gasteiger partial charge in [0.15, 0.2) is 17.3 Å². The van der Waals surface area contributed by atoms with Gasteiger partial charge in [-0.2, -0.15) is 0 Å². The zero-order valence-electron chi connectivity index (χ0n) is 19.1. The lowest BCUT2D eigenvalue weighted by atomic mass is 9.87. The molecule has 7 nitrogen and oxygen atoms in total. The van der Waals surface area contributed by atoms with Crippen LogP contribution in [0.3, 0.4) is 0 Å². The summed E-state index contributed by atoms with van der Waals surface area (Å²) in [6.45, 7) is 8.04. The van der Waals surface area contributed by atoms with Gasteiger partial charge in [-0.15, -0.1) is 0 Å². The van der Waals surface area contributed by atoms with Gasteiger partial charge in [-0.3, -0.25) is 4.79 Å². The number of phenolic OH excluding ortho intramolecular Hbond substituents is 1. The molecular weight excluding hydrogens is 412 g/mol. The van der Waals surface area contributed by atoms with Gasteiger partial charge in [0.1, 0.15) is 24.7 Å². The van der Waals surface area contributed by atoms with Crippen LogP contribution in [0.25, 0.3) is 0 Å². The molecule has 32 heavy (non-hydrogen) atoms. The van der Waals surface area contributed by atoms with Crippen LogP contribution in [-0.2, 0) is 0 Å². The van der Waals surface area contributed by atoms with E-state index in [4.69, 9.17) is 19.3 Å². The fourth-order valence-electron chi connectivity index (χ4n) is 2.97. The summed E-state index contributed by atoms with van der Waals surface area (Å²) in [5, 5.41) is 19.5. The predicted octanol–water partition coefficient (Wildman–Crippen LogP) is 5.04. The van der Waals surface area contributed by atoms with Crippen LogP contribution < -0.4 is 14.2 Å². The number of rotatable bonds is 10. The average molecular weight is 443 g/mol. The molecule has 0 saturated heterocycles. The molecule has 0 unspecified atom stereocenters. The molecule has 2 aromatic rings. The van der Waals surface area contributed by atoms with E-state index in [1.807, 2.05) is 20.8 Å². The van der Waals surface area contributed by atoms with Crippen LogP contribution in [0.15, 0.2) is 42.5 Å². The number of hydrogen-bond acceptors (Lipinski definition) is 6. The number of hydrogen-bond donors (Lipinski definition) is 2. The molecular formula is C25H30O7. The molecule has 0 spiro atoms. The Morgan fingerprint density at radius 2 is 1.56 bits per heavy atom. The summed E-state index contributed by atoms with van der Waals surface area (Å²) in [6.07, 6.45) is 3.80. The van der Waals surface area contributed by atoms with Crippen molar-refractivity contribution in [3.8, 4) is 23.0 Å². The Kier molecular flexibility index (Phi) is 8.29. The van der Waals surface area contributed by atoms with Crippen LogP contribution in [-0.4, -0.2) is 42.3 Å². The number of ketones is 1. The SMILES string of the molecule is COc1ccc(C(=O)O)cc1OC/C=C/COc1ccc(C(=O)CC(C)(C)C)c(O)c1C. The van der Waals surface area contributed by atoms with E-state index >= 15 is 0 Å². The minimum absolute atomic E-state index is 0.0607. The number of carboxylic acids is 1.